The van der Waals surface area contributed by atoms with Crippen LogP contribution in [0.5, 0.6) is 0 Å². The van der Waals surface area contributed by atoms with E-state index in [1.54, 1.807) is 6.07 Å². The van der Waals surface area contributed by atoms with Crippen LogP contribution in [0.2, 0.25) is 5.02 Å². The number of carbonyl (C=O) groups excluding carboxylic acids is 1. The third kappa shape index (κ3) is 2.64. The Kier molecular flexibility index (Phi) is 3.34. The van der Waals surface area contributed by atoms with Crippen LogP contribution in [0, 0.1) is 3.57 Å². The number of nitrogens with one attached hydrogen (secondary N) is 1. The summed E-state index contributed by atoms with van der Waals surface area (Å²) >= 11 is 7.97. The van der Waals surface area contributed by atoms with E-state index in [0.717, 1.165) is 9.26 Å². The van der Waals surface area contributed by atoms with E-state index in [-0.39, 0.29) is 5.91 Å². The Labute approximate surface area is 89.4 Å². The molecule has 1 aromatic rings. The lowest BCUT2D eigenvalue weighted by molar-refractivity contribution is -0.114. The van der Waals surface area contributed by atoms with Crippen molar-refractivity contribution in [3.8, 4) is 0 Å². The Morgan fingerprint density at radius 2 is 2.25 bits per heavy atom. The maximum absolute atomic E-state index is 10.7. The highest BCUT2D eigenvalue weighted by molar-refractivity contribution is 14.1. The van der Waals surface area contributed by atoms with E-state index < -0.39 is 0 Å². The van der Waals surface area contributed by atoms with Crippen LogP contribution in [-0.4, -0.2) is 5.91 Å². The second-order valence-electron chi connectivity index (χ2n) is 2.31. The molecule has 1 rings (SSSR count). The van der Waals surface area contributed by atoms with E-state index in [1.807, 2.05) is 12.1 Å². The maximum atomic E-state index is 10.7. The Morgan fingerprint density at radius 3 is 2.75 bits per heavy atom. The molecule has 0 radical (unpaired) electrons. The highest BCUT2D eigenvalue weighted by atomic mass is 127. The average Bonchev–Trinajstić information content (AvgIpc) is 1.96. The zero-order valence-electron chi connectivity index (χ0n) is 6.40. The van der Waals surface area contributed by atoms with Crippen molar-refractivity contribution in [3.63, 3.8) is 0 Å². The van der Waals surface area contributed by atoms with Gasteiger partial charge in [0.1, 0.15) is 0 Å². The highest BCUT2D eigenvalue weighted by Gasteiger charge is 1.99. The van der Waals surface area contributed by atoms with E-state index in [0.29, 0.717) is 5.02 Å². The number of rotatable bonds is 1. The van der Waals surface area contributed by atoms with Gasteiger partial charge in [-0.2, -0.15) is 0 Å². The van der Waals surface area contributed by atoms with Crippen LogP contribution in [0.15, 0.2) is 18.2 Å². The summed E-state index contributed by atoms with van der Waals surface area (Å²) in [5.74, 6) is -0.0905. The molecule has 0 spiro atoms. The van der Waals surface area contributed by atoms with Crippen molar-refractivity contribution in [1.29, 1.82) is 0 Å². The third-order valence-corrected chi connectivity index (χ3v) is 2.81. The molecule has 1 amide bonds. The quantitative estimate of drug-likeness (QED) is 0.793. The summed E-state index contributed by atoms with van der Waals surface area (Å²) in [5.41, 5.74) is 0.730. The van der Waals surface area contributed by atoms with Gasteiger partial charge < -0.3 is 5.32 Å². The van der Waals surface area contributed by atoms with Gasteiger partial charge in [-0.3, -0.25) is 4.79 Å². The van der Waals surface area contributed by atoms with Gasteiger partial charge in [0.15, 0.2) is 0 Å². The molecule has 0 saturated carbocycles. The number of halogens is 2. The van der Waals surface area contributed by atoms with Crippen molar-refractivity contribution in [3.05, 3.63) is 26.8 Å². The largest absolute Gasteiger partial charge is 0.326 e. The molecule has 0 heterocycles. The SMILES string of the molecule is CC(=O)Nc1ccc(I)c(Cl)c1. The van der Waals surface area contributed by atoms with Crippen molar-refractivity contribution in [2.75, 3.05) is 5.32 Å². The molecule has 0 aliphatic heterocycles. The number of carbonyl (C=O) groups is 1. The second-order valence-corrected chi connectivity index (χ2v) is 3.88. The lowest BCUT2D eigenvalue weighted by atomic mass is 10.3. The van der Waals surface area contributed by atoms with Crippen LogP contribution in [0.3, 0.4) is 0 Å². The molecular weight excluding hydrogens is 288 g/mol. The fourth-order valence-corrected chi connectivity index (χ4v) is 1.29. The van der Waals surface area contributed by atoms with Gasteiger partial charge in [0, 0.05) is 16.2 Å². The van der Waals surface area contributed by atoms with Crippen LogP contribution in [0.1, 0.15) is 6.92 Å². The Bertz CT molecular complexity index is 314. The first-order valence-corrected chi connectivity index (χ1v) is 4.78. The molecule has 2 nitrogen and oxygen atoms in total. The summed E-state index contributed by atoms with van der Waals surface area (Å²) in [6.07, 6.45) is 0. The fraction of sp³-hybridized carbons (Fsp3) is 0.125. The summed E-state index contributed by atoms with van der Waals surface area (Å²) in [4.78, 5) is 10.7. The molecule has 12 heavy (non-hydrogen) atoms. The first kappa shape index (κ1) is 9.80. The van der Waals surface area contributed by atoms with E-state index in [1.165, 1.54) is 6.92 Å². The minimum absolute atomic E-state index is 0.0905. The van der Waals surface area contributed by atoms with Crippen molar-refractivity contribution in [2.24, 2.45) is 0 Å². The fourth-order valence-electron chi connectivity index (χ4n) is 0.777. The van der Waals surface area contributed by atoms with E-state index in [2.05, 4.69) is 27.9 Å². The molecule has 0 fully saturated rings. The molecule has 0 aliphatic rings. The smallest absolute Gasteiger partial charge is 0.221 e. The zero-order valence-corrected chi connectivity index (χ0v) is 9.31. The highest BCUT2D eigenvalue weighted by Crippen LogP contribution is 2.21. The van der Waals surface area contributed by atoms with E-state index in [4.69, 9.17) is 11.6 Å². The first-order chi connectivity index (χ1) is 5.59. The van der Waals surface area contributed by atoms with Gasteiger partial charge in [-0.05, 0) is 40.8 Å². The third-order valence-electron chi connectivity index (χ3n) is 1.24. The van der Waals surface area contributed by atoms with Gasteiger partial charge in [-0.25, -0.2) is 0 Å². The lowest BCUT2D eigenvalue weighted by Gasteiger charge is -2.02. The summed E-state index contributed by atoms with van der Waals surface area (Å²) in [6, 6.07) is 5.40. The second kappa shape index (κ2) is 4.09. The Balaban J connectivity index is 2.89. The number of benzene rings is 1. The van der Waals surface area contributed by atoms with Gasteiger partial charge in [0.2, 0.25) is 5.91 Å². The minimum atomic E-state index is -0.0905. The molecule has 1 N–H and O–H groups in total. The van der Waals surface area contributed by atoms with E-state index >= 15 is 0 Å². The van der Waals surface area contributed by atoms with Crippen LogP contribution >= 0.6 is 34.2 Å². The van der Waals surface area contributed by atoms with Crippen molar-refractivity contribution >= 4 is 45.8 Å². The number of hydrogen-bond acceptors (Lipinski definition) is 1. The normalized spacial score (nSPS) is 9.58. The van der Waals surface area contributed by atoms with Crippen molar-refractivity contribution < 1.29 is 4.79 Å². The Morgan fingerprint density at radius 1 is 1.58 bits per heavy atom. The van der Waals surface area contributed by atoms with Gasteiger partial charge >= 0.3 is 0 Å². The van der Waals surface area contributed by atoms with Gasteiger partial charge in [-0.1, -0.05) is 11.6 Å². The average molecular weight is 296 g/mol. The predicted molar refractivity (Wildman–Crippen MR) is 58.5 cm³/mol. The number of hydrogen-bond donors (Lipinski definition) is 1. The molecule has 1 aromatic carbocycles. The van der Waals surface area contributed by atoms with Crippen molar-refractivity contribution in [1.82, 2.24) is 0 Å². The van der Waals surface area contributed by atoms with Gasteiger partial charge in [-0.15, -0.1) is 0 Å². The maximum Gasteiger partial charge on any atom is 0.221 e. The van der Waals surface area contributed by atoms with Crippen LogP contribution in [0.25, 0.3) is 0 Å². The molecule has 64 valence electrons. The number of anilines is 1. The topological polar surface area (TPSA) is 29.1 Å². The summed E-state index contributed by atoms with van der Waals surface area (Å²) in [7, 11) is 0. The standard InChI is InChI=1S/C8H7ClINO/c1-5(12)11-6-2-3-8(10)7(9)4-6/h2-4H,1H3,(H,11,12). The molecule has 0 aromatic heterocycles. The zero-order chi connectivity index (χ0) is 9.14. The molecule has 0 unspecified atom stereocenters. The summed E-state index contributed by atoms with van der Waals surface area (Å²) in [5, 5.41) is 3.30. The molecule has 0 bridgehead atoms. The van der Waals surface area contributed by atoms with Gasteiger partial charge in [0.25, 0.3) is 0 Å². The first-order valence-electron chi connectivity index (χ1n) is 3.32. The molecular formula is C8H7ClINO. The lowest BCUT2D eigenvalue weighted by Crippen LogP contribution is -2.05. The summed E-state index contributed by atoms with van der Waals surface area (Å²) < 4.78 is 0.975. The van der Waals surface area contributed by atoms with Crippen LogP contribution in [0.4, 0.5) is 5.69 Å². The minimum Gasteiger partial charge on any atom is -0.326 e. The van der Waals surface area contributed by atoms with Crippen LogP contribution < -0.4 is 5.32 Å². The molecule has 0 saturated heterocycles. The monoisotopic (exact) mass is 295 g/mol. The van der Waals surface area contributed by atoms with Crippen LogP contribution in [-0.2, 0) is 4.79 Å². The van der Waals surface area contributed by atoms with Gasteiger partial charge in [0.05, 0.1) is 5.02 Å². The van der Waals surface area contributed by atoms with E-state index in [9.17, 15) is 4.79 Å². The molecule has 4 heteroatoms. The Hall–Kier alpha value is -0.290. The summed E-state index contributed by atoms with van der Waals surface area (Å²) in [6.45, 7) is 1.46. The molecule has 0 aliphatic carbocycles. The number of amides is 1. The molecule has 0 atom stereocenters. The van der Waals surface area contributed by atoms with Crippen molar-refractivity contribution in [2.45, 2.75) is 6.92 Å². The predicted octanol–water partition coefficient (Wildman–Crippen LogP) is 2.90.